The van der Waals surface area contributed by atoms with Crippen molar-refractivity contribution in [3.63, 3.8) is 0 Å². The molecule has 3 aromatic rings. The van der Waals surface area contributed by atoms with Gasteiger partial charge in [-0.1, -0.05) is 89.2 Å². The van der Waals surface area contributed by atoms with Gasteiger partial charge >= 0.3 is 0 Å². The first-order valence-electron chi connectivity index (χ1n) is 6.70. The summed E-state index contributed by atoms with van der Waals surface area (Å²) in [5.74, 6) is -0.100. The minimum absolute atomic E-state index is 0.100. The summed E-state index contributed by atoms with van der Waals surface area (Å²) in [6.07, 6.45) is 0. The van der Waals surface area contributed by atoms with E-state index in [1.54, 1.807) is 12.1 Å². The molecule has 0 N–H and O–H groups in total. The molecule has 0 amide bonds. The molecule has 0 nitrogen and oxygen atoms in total. The zero-order chi connectivity index (χ0) is 13.8. The van der Waals surface area contributed by atoms with Crippen molar-refractivity contribution in [3.8, 4) is 0 Å². The summed E-state index contributed by atoms with van der Waals surface area (Å²) in [4.78, 5) is 0. The molecule has 0 bridgehead atoms. The second kappa shape index (κ2) is 5.84. The van der Waals surface area contributed by atoms with E-state index in [-0.39, 0.29) is 5.82 Å². The Morgan fingerprint density at radius 1 is 0.550 bits per heavy atom. The Balaban J connectivity index is 2.17. The minimum Gasteiger partial charge on any atom is -0.207 e. The van der Waals surface area contributed by atoms with E-state index in [9.17, 15) is 4.39 Å². The fraction of sp³-hybridized carbons (Fsp3) is 0. The summed E-state index contributed by atoms with van der Waals surface area (Å²) in [5.41, 5.74) is 0. The lowest BCUT2D eigenvalue weighted by Gasteiger charge is -2.17. The molecule has 0 saturated carbocycles. The maximum Gasteiger partial charge on any atom is 0.136 e. The number of rotatable bonds is 3. The van der Waals surface area contributed by atoms with Crippen molar-refractivity contribution in [2.75, 3.05) is 0 Å². The van der Waals surface area contributed by atoms with Crippen molar-refractivity contribution in [1.82, 2.24) is 0 Å². The summed E-state index contributed by atoms with van der Waals surface area (Å²) >= 11 is 0. The van der Waals surface area contributed by atoms with Crippen LogP contribution in [0.1, 0.15) is 0 Å². The van der Waals surface area contributed by atoms with E-state index in [0.717, 1.165) is 5.19 Å². The molecule has 0 spiro atoms. The normalized spacial score (nSPS) is 10.7. The van der Waals surface area contributed by atoms with Crippen LogP contribution in [-0.2, 0) is 0 Å². The Labute approximate surface area is 120 Å². The lowest BCUT2D eigenvalue weighted by molar-refractivity contribution is 0.635. The first kappa shape index (κ1) is 12.8. The summed E-state index contributed by atoms with van der Waals surface area (Å²) in [6.45, 7) is 0. The van der Waals surface area contributed by atoms with Gasteiger partial charge in [0.25, 0.3) is 0 Å². The molecule has 0 unspecified atom stereocenters. The molecule has 0 aromatic heterocycles. The molecule has 0 aliphatic heterocycles. The highest BCUT2D eigenvalue weighted by atomic mass is 28.3. The number of hydrogen-bond donors (Lipinski definition) is 0. The van der Waals surface area contributed by atoms with Gasteiger partial charge in [-0.2, -0.15) is 0 Å². The molecule has 0 radical (unpaired) electrons. The van der Waals surface area contributed by atoms with E-state index in [0.29, 0.717) is 0 Å². The first-order chi connectivity index (χ1) is 9.86. The van der Waals surface area contributed by atoms with E-state index >= 15 is 0 Å². The largest absolute Gasteiger partial charge is 0.207 e. The monoisotopic (exact) mass is 278 g/mol. The molecule has 0 atom stereocenters. The summed E-state index contributed by atoms with van der Waals surface area (Å²) < 4.78 is 14.2. The molecule has 3 rings (SSSR count). The van der Waals surface area contributed by atoms with Gasteiger partial charge in [0.1, 0.15) is 14.6 Å². The quantitative estimate of drug-likeness (QED) is 0.508. The van der Waals surface area contributed by atoms with Crippen molar-refractivity contribution < 1.29 is 4.39 Å². The van der Waals surface area contributed by atoms with Gasteiger partial charge in [0.2, 0.25) is 0 Å². The number of hydrogen-bond acceptors (Lipinski definition) is 0. The zero-order valence-electron chi connectivity index (χ0n) is 11.0. The van der Waals surface area contributed by atoms with Gasteiger partial charge in [0.15, 0.2) is 0 Å². The topological polar surface area (TPSA) is 0 Å². The van der Waals surface area contributed by atoms with Crippen LogP contribution >= 0.6 is 0 Å². The molecule has 0 heterocycles. The smallest absolute Gasteiger partial charge is 0.136 e. The second-order valence-corrected chi connectivity index (χ2v) is 7.60. The molecular formula is C18H15FSi. The fourth-order valence-electron chi connectivity index (χ4n) is 2.55. The van der Waals surface area contributed by atoms with Crippen molar-refractivity contribution in [1.29, 1.82) is 0 Å². The van der Waals surface area contributed by atoms with Gasteiger partial charge in [-0.05, 0) is 11.3 Å². The zero-order valence-corrected chi connectivity index (χ0v) is 12.2. The van der Waals surface area contributed by atoms with Gasteiger partial charge < -0.3 is 0 Å². The Hall–Kier alpha value is -2.19. The van der Waals surface area contributed by atoms with Gasteiger partial charge in [0, 0.05) is 0 Å². The van der Waals surface area contributed by atoms with Gasteiger partial charge in [-0.15, -0.1) is 0 Å². The van der Waals surface area contributed by atoms with E-state index in [1.807, 2.05) is 48.5 Å². The minimum atomic E-state index is -1.72. The van der Waals surface area contributed by atoms with E-state index in [2.05, 4.69) is 24.3 Å². The molecule has 20 heavy (non-hydrogen) atoms. The van der Waals surface area contributed by atoms with Crippen LogP contribution in [0.15, 0.2) is 84.9 Å². The predicted octanol–water partition coefficient (Wildman–Crippen LogP) is 2.07. The molecule has 0 aliphatic rings. The van der Waals surface area contributed by atoms with Crippen molar-refractivity contribution in [2.24, 2.45) is 0 Å². The SMILES string of the molecule is Fc1ccccc1[SiH](c1ccccc1)c1ccccc1. The second-order valence-electron chi connectivity index (χ2n) is 4.78. The summed E-state index contributed by atoms with van der Waals surface area (Å²) in [5, 5.41) is 3.33. The van der Waals surface area contributed by atoms with Crippen molar-refractivity contribution in [3.05, 3.63) is 90.7 Å². The van der Waals surface area contributed by atoms with Crippen LogP contribution in [0.4, 0.5) is 4.39 Å². The van der Waals surface area contributed by atoms with Crippen molar-refractivity contribution in [2.45, 2.75) is 0 Å². The van der Waals surface area contributed by atoms with E-state index < -0.39 is 8.80 Å². The Morgan fingerprint density at radius 3 is 1.50 bits per heavy atom. The average Bonchev–Trinajstić information content (AvgIpc) is 2.52. The highest BCUT2D eigenvalue weighted by molar-refractivity contribution is 6.95. The van der Waals surface area contributed by atoms with Crippen LogP contribution in [0, 0.1) is 5.82 Å². The van der Waals surface area contributed by atoms with Crippen LogP contribution in [0.2, 0.25) is 0 Å². The lowest BCUT2D eigenvalue weighted by Crippen LogP contribution is -2.53. The Kier molecular flexibility index (Phi) is 3.75. The summed E-state index contributed by atoms with van der Waals surface area (Å²) in [6, 6.07) is 27.7. The van der Waals surface area contributed by atoms with Gasteiger partial charge in [0.05, 0.1) is 0 Å². The third-order valence-corrected chi connectivity index (χ3v) is 6.68. The van der Waals surface area contributed by atoms with Crippen LogP contribution in [-0.4, -0.2) is 8.80 Å². The Bertz CT molecular complexity index is 641. The molecule has 0 fully saturated rings. The first-order valence-corrected chi connectivity index (χ1v) is 8.44. The highest BCUT2D eigenvalue weighted by Crippen LogP contribution is 1.99. The molecule has 2 heteroatoms. The number of benzene rings is 3. The number of halogens is 1. The van der Waals surface area contributed by atoms with E-state index in [4.69, 9.17) is 0 Å². The molecule has 98 valence electrons. The third kappa shape index (κ3) is 2.56. The molecular weight excluding hydrogens is 263 g/mol. The molecule has 0 saturated heterocycles. The van der Waals surface area contributed by atoms with Crippen molar-refractivity contribution >= 4 is 24.4 Å². The van der Waals surface area contributed by atoms with Gasteiger partial charge in [-0.25, -0.2) is 4.39 Å². The predicted molar refractivity (Wildman–Crippen MR) is 85.3 cm³/mol. The van der Waals surface area contributed by atoms with Gasteiger partial charge in [-0.3, -0.25) is 0 Å². The third-order valence-electron chi connectivity index (χ3n) is 3.48. The fourth-order valence-corrected chi connectivity index (χ4v) is 5.54. The van der Waals surface area contributed by atoms with Crippen LogP contribution < -0.4 is 15.6 Å². The molecule has 0 aliphatic carbocycles. The average molecular weight is 278 g/mol. The standard InChI is InChI=1S/C18H15FSi/c19-17-13-7-8-14-18(17)20(15-9-3-1-4-10-15)16-11-5-2-6-12-16/h1-14,20H. The lowest BCUT2D eigenvalue weighted by atomic mass is 10.3. The Morgan fingerprint density at radius 2 is 1.00 bits per heavy atom. The highest BCUT2D eigenvalue weighted by Gasteiger charge is 2.21. The van der Waals surface area contributed by atoms with Crippen LogP contribution in [0.3, 0.4) is 0 Å². The molecule has 3 aromatic carbocycles. The van der Waals surface area contributed by atoms with E-state index in [1.165, 1.54) is 10.4 Å². The van der Waals surface area contributed by atoms with Crippen LogP contribution in [0.25, 0.3) is 0 Å². The van der Waals surface area contributed by atoms with Crippen LogP contribution in [0.5, 0.6) is 0 Å². The maximum atomic E-state index is 14.2. The summed E-state index contributed by atoms with van der Waals surface area (Å²) in [7, 11) is -1.72. The maximum absolute atomic E-state index is 14.2.